The summed E-state index contributed by atoms with van der Waals surface area (Å²) in [5, 5.41) is 2.31. The molecule has 5 aromatic rings. The lowest BCUT2D eigenvalue weighted by atomic mass is 10.1. The van der Waals surface area contributed by atoms with E-state index in [2.05, 4.69) is 4.57 Å². The van der Waals surface area contributed by atoms with E-state index in [-0.39, 0.29) is 6.61 Å². The highest BCUT2D eigenvalue weighted by Crippen LogP contribution is 2.34. The molecular weight excluding hydrogens is 522 g/mol. The van der Waals surface area contributed by atoms with Gasteiger partial charge >= 0.3 is 0 Å². The molecule has 0 radical (unpaired) electrons. The molecule has 5 rings (SSSR count). The van der Waals surface area contributed by atoms with Gasteiger partial charge in [-0.15, -0.1) is 0 Å². The number of para-hydroxylation sites is 2. The third-order valence-corrected chi connectivity index (χ3v) is 7.27. The minimum Gasteiger partial charge on any atom is -0.361 e. The van der Waals surface area contributed by atoms with Gasteiger partial charge in [-0.05, 0) is 42.0 Å². The topological polar surface area (TPSA) is 27.1 Å². The lowest BCUT2D eigenvalue weighted by molar-refractivity contribution is 0.0593. The number of hydrogen-bond donors (Lipinski definition) is 0. The van der Waals surface area contributed by atoms with Gasteiger partial charge in [0.25, 0.3) is 0 Å². The maximum Gasteiger partial charge on any atom is 0.144 e. The van der Waals surface area contributed by atoms with Gasteiger partial charge in [-0.25, -0.2) is 4.98 Å². The molecule has 1 unspecified atom stereocenters. The molecule has 0 aliphatic rings. The zero-order valence-corrected chi connectivity index (χ0v) is 21.5. The van der Waals surface area contributed by atoms with E-state index in [4.69, 9.17) is 56.1 Å². The van der Waals surface area contributed by atoms with E-state index in [0.717, 1.165) is 33.5 Å². The van der Waals surface area contributed by atoms with Crippen molar-refractivity contribution in [2.75, 3.05) is 0 Å². The van der Waals surface area contributed by atoms with Crippen molar-refractivity contribution in [3.63, 3.8) is 0 Å². The molecule has 0 spiro atoms. The number of rotatable bonds is 7. The first-order chi connectivity index (χ1) is 17.0. The number of aromatic nitrogens is 2. The average molecular weight is 542 g/mol. The van der Waals surface area contributed by atoms with Gasteiger partial charge in [0.2, 0.25) is 0 Å². The second kappa shape index (κ2) is 10.6. The molecule has 1 heterocycles. The van der Waals surface area contributed by atoms with Gasteiger partial charge in [-0.3, -0.25) is 0 Å². The molecule has 0 N–H and O–H groups in total. The summed E-state index contributed by atoms with van der Waals surface area (Å²) in [5.74, 6) is 0.733. The Kier molecular flexibility index (Phi) is 7.33. The van der Waals surface area contributed by atoms with Gasteiger partial charge < -0.3 is 9.30 Å². The van der Waals surface area contributed by atoms with Crippen LogP contribution in [0.15, 0.2) is 91.0 Å². The first-order valence-corrected chi connectivity index (χ1v) is 12.5. The molecule has 4 aromatic carbocycles. The molecule has 176 valence electrons. The summed E-state index contributed by atoms with van der Waals surface area (Å²) in [7, 11) is 0. The van der Waals surface area contributed by atoms with Crippen molar-refractivity contribution in [1.82, 2.24) is 9.55 Å². The summed E-state index contributed by atoms with van der Waals surface area (Å²) in [4.78, 5) is 4.99. The predicted molar refractivity (Wildman–Crippen MR) is 145 cm³/mol. The van der Waals surface area contributed by atoms with Crippen LogP contribution in [0.5, 0.6) is 0 Å². The van der Waals surface area contributed by atoms with Gasteiger partial charge in [0.05, 0.1) is 24.2 Å². The molecule has 0 aliphatic carbocycles. The molecule has 1 atom stereocenters. The minimum absolute atomic E-state index is 0.216. The monoisotopic (exact) mass is 540 g/mol. The van der Waals surface area contributed by atoms with E-state index in [0.29, 0.717) is 26.6 Å². The standard InChI is InChI=1S/C28H20Cl4N2O/c29-21-10-6-11-22(30)19(21)16-34-26-15-5-4-14-25(26)33-28(34)27(18-8-2-1-3-9-18)35-17-20-23(31)12-7-13-24(20)32/h1-15,27H,16-17H2. The molecule has 0 aliphatic heterocycles. The molecule has 1 aromatic heterocycles. The van der Waals surface area contributed by atoms with Crippen molar-refractivity contribution in [2.45, 2.75) is 19.3 Å². The molecule has 0 bridgehead atoms. The molecule has 0 saturated heterocycles. The van der Waals surface area contributed by atoms with Crippen LogP contribution < -0.4 is 0 Å². The largest absolute Gasteiger partial charge is 0.361 e. The number of fused-ring (bicyclic) bond motifs is 1. The fraction of sp³-hybridized carbons (Fsp3) is 0.107. The van der Waals surface area contributed by atoms with E-state index in [1.807, 2.05) is 78.9 Å². The number of benzene rings is 4. The van der Waals surface area contributed by atoms with E-state index in [9.17, 15) is 0 Å². The van der Waals surface area contributed by atoms with Crippen LogP contribution in [0.3, 0.4) is 0 Å². The van der Waals surface area contributed by atoms with E-state index in [1.165, 1.54) is 0 Å². The van der Waals surface area contributed by atoms with Crippen LogP contribution in [0.25, 0.3) is 11.0 Å². The van der Waals surface area contributed by atoms with Gasteiger partial charge in [0, 0.05) is 31.2 Å². The molecule has 0 fully saturated rings. The van der Waals surface area contributed by atoms with Crippen LogP contribution in [-0.4, -0.2) is 9.55 Å². The van der Waals surface area contributed by atoms with E-state index in [1.54, 1.807) is 12.1 Å². The summed E-state index contributed by atoms with van der Waals surface area (Å²) in [6.45, 7) is 0.655. The zero-order valence-electron chi connectivity index (χ0n) is 18.5. The summed E-state index contributed by atoms with van der Waals surface area (Å²) >= 11 is 25.9. The highest BCUT2D eigenvalue weighted by molar-refractivity contribution is 6.36. The van der Waals surface area contributed by atoms with E-state index < -0.39 is 6.10 Å². The third kappa shape index (κ3) is 5.06. The SMILES string of the molecule is Clc1cccc(Cl)c1COC(c1ccccc1)c1nc2ccccc2n1Cc1c(Cl)cccc1Cl. The number of ether oxygens (including phenoxy) is 1. The molecular formula is C28H20Cl4N2O. The van der Waals surface area contributed by atoms with Gasteiger partial charge in [0.1, 0.15) is 11.9 Å². The quantitative estimate of drug-likeness (QED) is 0.205. The predicted octanol–water partition coefficient (Wildman–Crippen LogP) is 9.00. The maximum absolute atomic E-state index is 6.54. The van der Waals surface area contributed by atoms with Crippen LogP contribution in [0.1, 0.15) is 28.6 Å². The normalized spacial score (nSPS) is 12.2. The maximum atomic E-state index is 6.54. The highest BCUT2D eigenvalue weighted by atomic mass is 35.5. The third-order valence-electron chi connectivity index (χ3n) is 5.85. The summed E-state index contributed by atoms with van der Waals surface area (Å²) in [6, 6.07) is 28.9. The molecule has 7 heteroatoms. The Morgan fingerprint density at radius 1 is 0.657 bits per heavy atom. The van der Waals surface area contributed by atoms with Crippen molar-refractivity contribution in [3.8, 4) is 0 Å². The Labute approximate surface area is 223 Å². The summed E-state index contributed by atoms with van der Waals surface area (Å²) in [5.41, 5.74) is 4.32. The first-order valence-electron chi connectivity index (χ1n) is 11.0. The molecule has 3 nitrogen and oxygen atoms in total. The van der Waals surface area contributed by atoms with E-state index >= 15 is 0 Å². The Bertz CT molecular complexity index is 1440. The Morgan fingerprint density at radius 2 is 1.23 bits per heavy atom. The zero-order chi connectivity index (χ0) is 24.4. The number of hydrogen-bond acceptors (Lipinski definition) is 2. The fourth-order valence-electron chi connectivity index (χ4n) is 4.09. The molecule has 0 amide bonds. The van der Waals surface area contributed by atoms with Gasteiger partial charge in [-0.1, -0.05) is 101 Å². The van der Waals surface area contributed by atoms with Crippen LogP contribution in [0, 0.1) is 0 Å². The van der Waals surface area contributed by atoms with Crippen molar-refractivity contribution >= 4 is 57.4 Å². The molecule has 35 heavy (non-hydrogen) atoms. The molecule has 0 saturated carbocycles. The van der Waals surface area contributed by atoms with Gasteiger partial charge in [-0.2, -0.15) is 0 Å². The highest BCUT2D eigenvalue weighted by Gasteiger charge is 2.25. The van der Waals surface area contributed by atoms with Crippen LogP contribution in [-0.2, 0) is 17.9 Å². The number of nitrogens with zero attached hydrogens (tertiary/aromatic N) is 2. The lowest BCUT2D eigenvalue weighted by Crippen LogP contribution is -2.15. The second-order valence-corrected chi connectivity index (χ2v) is 9.68. The minimum atomic E-state index is -0.489. The number of halogens is 4. The van der Waals surface area contributed by atoms with Gasteiger partial charge in [0.15, 0.2) is 0 Å². The average Bonchev–Trinajstić information content (AvgIpc) is 3.22. The number of imidazole rings is 1. The van der Waals surface area contributed by atoms with Crippen molar-refractivity contribution < 1.29 is 4.74 Å². The fourth-order valence-corrected chi connectivity index (χ4v) is 5.11. The van der Waals surface area contributed by atoms with Crippen LogP contribution in [0.4, 0.5) is 0 Å². The summed E-state index contributed by atoms with van der Waals surface area (Å²) < 4.78 is 8.62. The van der Waals surface area contributed by atoms with Crippen molar-refractivity contribution in [1.29, 1.82) is 0 Å². The van der Waals surface area contributed by atoms with Crippen LogP contribution in [0.2, 0.25) is 20.1 Å². The Morgan fingerprint density at radius 3 is 1.89 bits per heavy atom. The lowest BCUT2D eigenvalue weighted by Gasteiger charge is -2.21. The summed E-state index contributed by atoms with van der Waals surface area (Å²) in [6.07, 6.45) is -0.489. The first kappa shape index (κ1) is 24.2. The van der Waals surface area contributed by atoms with Crippen LogP contribution >= 0.6 is 46.4 Å². The Hall–Kier alpha value is -2.53. The Balaban J connectivity index is 1.63. The smallest absolute Gasteiger partial charge is 0.144 e. The van der Waals surface area contributed by atoms with Crippen molar-refractivity contribution in [2.24, 2.45) is 0 Å². The second-order valence-electron chi connectivity index (χ2n) is 8.05. The van der Waals surface area contributed by atoms with Crippen molar-refractivity contribution in [3.05, 3.63) is 134 Å².